The summed E-state index contributed by atoms with van der Waals surface area (Å²) in [5, 5.41) is 8.39. The molecule has 0 radical (unpaired) electrons. The lowest BCUT2D eigenvalue weighted by molar-refractivity contribution is -0.143. The maximum absolute atomic E-state index is 11.6. The van der Waals surface area contributed by atoms with Crippen LogP contribution in [0.2, 0.25) is 0 Å². The number of benzene rings is 1. The van der Waals surface area contributed by atoms with Gasteiger partial charge in [-0.3, -0.25) is 4.79 Å². The molecule has 4 nitrogen and oxygen atoms in total. The van der Waals surface area contributed by atoms with Gasteiger partial charge in [0.1, 0.15) is 0 Å². The Balaban J connectivity index is 2.38. The lowest BCUT2D eigenvalue weighted by atomic mass is 10.2. The van der Waals surface area contributed by atoms with Crippen molar-refractivity contribution >= 4 is 11.7 Å². The molecule has 1 aromatic rings. The topological polar surface area (TPSA) is 53.3 Å². The zero-order chi connectivity index (χ0) is 14.8. The second kappa shape index (κ2) is 8.98. The molecule has 4 heteroatoms. The SMILES string of the molecule is CCN(CCC(=O)OCCCC#N)c1cccc(C)c1. The highest BCUT2D eigenvalue weighted by Gasteiger charge is 2.08. The fourth-order valence-corrected chi connectivity index (χ4v) is 1.93. The van der Waals surface area contributed by atoms with Crippen molar-refractivity contribution in [2.45, 2.75) is 33.1 Å². The third kappa shape index (κ3) is 5.75. The van der Waals surface area contributed by atoms with Gasteiger partial charge in [0.2, 0.25) is 0 Å². The second-order valence-electron chi connectivity index (χ2n) is 4.65. The monoisotopic (exact) mass is 274 g/mol. The Morgan fingerprint density at radius 1 is 1.45 bits per heavy atom. The molecule has 0 aliphatic rings. The Kier molecular flexibility index (Phi) is 7.20. The van der Waals surface area contributed by atoms with Crippen molar-refractivity contribution in [1.29, 1.82) is 5.26 Å². The summed E-state index contributed by atoms with van der Waals surface area (Å²) < 4.78 is 5.08. The minimum absolute atomic E-state index is 0.200. The molecular formula is C16H22N2O2. The van der Waals surface area contributed by atoms with E-state index in [1.54, 1.807) is 0 Å². The number of unbranched alkanes of at least 4 members (excludes halogenated alkanes) is 1. The van der Waals surface area contributed by atoms with E-state index >= 15 is 0 Å². The minimum atomic E-state index is -0.200. The van der Waals surface area contributed by atoms with Gasteiger partial charge in [-0.05, 0) is 38.0 Å². The van der Waals surface area contributed by atoms with E-state index < -0.39 is 0 Å². The van der Waals surface area contributed by atoms with Gasteiger partial charge >= 0.3 is 5.97 Å². The average molecular weight is 274 g/mol. The van der Waals surface area contributed by atoms with Crippen LogP contribution in [0, 0.1) is 18.3 Å². The van der Waals surface area contributed by atoms with Gasteiger partial charge in [0.25, 0.3) is 0 Å². The van der Waals surface area contributed by atoms with Crippen LogP contribution in [0.25, 0.3) is 0 Å². The molecule has 1 aromatic carbocycles. The first-order valence-electron chi connectivity index (χ1n) is 7.01. The van der Waals surface area contributed by atoms with Gasteiger partial charge in [-0.15, -0.1) is 0 Å². The van der Waals surface area contributed by atoms with Crippen LogP contribution in [0.5, 0.6) is 0 Å². The summed E-state index contributed by atoms with van der Waals surface area (Å²) in [5.74, 6) is -0.200. The van der Waals surface area contributed by atoms with Gasteiger partial charge in [0.15, 0.2) is 0 Å². The Bertz CT molecular complexity index is 466. The molecule has 0 bridgehead atoms. The van der Waals surface area contributed by atoms with E-state index in [1.165, 1.54) is 5.56 Å². The fraction of sp³-hybridized carbons (Fsp3) is 0.500. The van der Waals surface area contributed by atoms with Crippen molar-refractivity contribution in [3.05, 3.63) is 29.8 Å². The largest absolute Gasteiger partial charge is 0.466 e. The van der Waals surface area contributed by atoms with Gasteiger partial charge in [0.05, 0.1) is 19.1 Å². The highest BCUT2D eigenvalue weighted by molar-refractivity contribution is 5.70. The van der Waals surface area contributed by atoms with Crippen molar-refractivity contribution in [1.82, 2.24) is 0 Å². The van der Waals surface area contributed by atoms with Crippen molar-refractivity contribution in [2.75, 3.05) is 24.6 Å². The van der Waals surface area contributed by atoms with Crippen LogP contribution in [-0.4, -0.2) is 25.7 Å². The summed E-state index contributed by atoms with van der Waals surface area (Å²) in [6.45, 7) is 5.96. The van der Waals surface area contributed by atoms with Crippen LogP contribution < -0.4 is 4.90 Å². The number of nitrogens with zero attached hydrogens (tertiary/aromatic N) is 2. The van der Waals surface area contributed by atoms with Crippen LogP contribution >= 0.6 is 0 Å². The fourth-order valence-electron chi connectivity index (χ4n) is 1.93. The Morgan fingerprint density at radius 2 is 2.25 bits per heavy atom. The molecule has 0 N–H and O–H groups in total. The van der Waals surface area contributed by atoms with E-state index in [9.17, 15) is 4.79 Å². The molecule has 0 aliphatic heterocycles. The smallest absolute Gasteiger partial charge is 0.307 e. The second-order valence-corrected chi connectivity index (χ2v) is 4.65. The molecule has 0 amide bonds. The van der Waals surface area contributed by atoms with Gasteiger partial charge in [-0.25, -0.2) is 0 Å². The van der Waals surface area contributed by atoms with E-state index in [0.29, 0.717) is 32.4 Å². The molecule has 108 valence electrons. The lowest BCUT2D eigenvalue weighted by Crippen LogP contribution is -2.26. The van der Waals surface area contributed by atoms with Crippen LogP contribution in [-0.2, 0) is 9.53 Å². The van der Waals surface area contributed by atoms with Crippen LogP contribution in [0.1, 0.15) is 31.7 Å². The number of ether oxygens (including phenoxy) is 1. The Morgan fingerprint density at radius 3 is 2.90 bits per heavy atom. The summed E-state index contributed by atoms with van der Waals surface area (Å²) in [4.78, 5) is 13.7. The number of aryl methyl sites for hydroxylation is 1. The molecular weight excluding hydrogens is 252 g/mol. The molecule has 0 aromatic heterocycles. The first-order valence-corrected chi connectivity index (χ1v) is 7.01. The number of esters is 1. The molecule has 0 fully saturated rings. The molecule has 0 saturated heterocycles. The van der Waals surface area contributed by atoms with Crippen molar-refractivity contribution < 1.29 is 9.53 Å². The van der Waals surface area contributed by atoms with Crippen molar-refractivity contribution in [3.63, 3.8) is 0 Å². The number of hydrogen-bond acceptors (Lipinski definition) is 4. The maximum atomic E-state index is 11.6. The molecule has 0 saturated carbocycles. The number of nitriles is 1. The van der Waals surface area contributed by atoms with E-state index in [0.717, 1.165) is 12.2 Å². The average Bonchev–Trinajstić information content (AvgIpc) is 2.44. The molecule has 0 atom stereocenters. The molecule has 0 heterocycles. The number of rotatable bonds is 8. The van der Waals surface area contributed by atoms with Gasteiger partial charge in [-0.1, -0.05) is 12.1 Å². The van der Waals surface area contributed by atoms with Gasteiger partial charge < -0.3 is 9.64 Å². The molecule has 0 spiro atoms. The zero-order valence-electron chi connectivity index (χ0n) is 12.3. The zero-order valence-corrected chi connectivity index (χ0v) is 12.3. The van der Waals surface area contributed by atoms with Crippen LogP contribution in [0.4, 0.5) is 5.69 Å². The normalized spacial score (nSPS) is 9.85. The van der Waals surface area contributed by atoms with Gasteiger partial charge in [0, 0.05) is 25.2 Å². The number of anilines is 1. The maximum Gasteiger partial charge on any atom is 0.307 e. The summed E-state index contributed by atoms with van der Waals surface area (Å²) >= 11 is 0. The summed E-state index contributed by atoms with van der Waals surface area (Å²) in [5.41, 5.74) is 2.34. The number of carbonyl (C=O) groups excluding carboxylic acids is 1. The summed E-state index contributed by atoms with van der Waals surface area (Å²) in [6, 6.07) is 10.3. The molecule has 0 unspecified atom stereocenters. The number of hydrogen-bond donors (Lipinski definition) is 0. The van der Waals surface area contributed by atoms with Crippen molar-refractivity contribution in [2.24, 2.45) is 0 Å². The van der Waals surface area contributed by atoms with Crippen LogP contribution in [0.15, 0.2) is 24.3 Å². The first-order chi connectivity index (χ1) is 9.67. The Labute approximate surface area is 121 Å². The highest BCUT2D eigenvalue weighted by atomic mass is 16.5. The predicted octanol–water partition coefficient (Wildman–Crippen LogP) is 3.06. The van der Waals surface area contributed by atoms with E-state index in [1.807, 2.05) is 12.1 Å². The standard InChI is InChI=1S/C16H22N2O2/c1-3-18(15-8-6-7-14(2)13-15)11-9-16(19)20-12-5-4-10-17/h6-8,13H,3-5,9,11-12H2,1-2H3. The highest BCUT2D eigenvalue weighted by Crippen LogP contribution is 2.15. The van der Waals surface area contributed by atoms with Gasteiger partial charge in [-0.2, -0.15) is 5.26 Å². The molecule has 0 aliphatic carbocycles. The van der Waals surface area contributed by atoms with Crippen molar-refractivity contribution in [3.8, 4) is 6.07 Å². The lowest BCUT2D eigenvalue weighted by Gasteiger charge is -2.23. The van der Waals surface area contributed by atoms with E-state index in [4.69, 9.17) is 10.00 Å². The van der Waals surface area contributed by atoms with E-state index in [2.05, 4.69) is 36.9 Å². The number of carbonyl (C=O) groups is 1. The third-order valence-corrected chi connectivity index (χ3v) is 3.03. The quantitative estimate of drug-likeness (QED) is 0.540. The van der Waals surface area contributed by atoms with Crippen LogP contribution in [0.3, 0.4) is 0 Å². The van der Waals surface area contributed by atoms with E-state index in [-0.39, 0.29) is 5.97 Å². The summed E-state index contributed by atoms with van der Waals surface area (Å²) in [7, 11) is 0. The minimum Gasteiger partial charge on any atom is -0.466 e. The summed E-state index contributed by atoms with van der Waals surface area (Å²) in [6.07, 6.45) is 1.41. The predicted molar refractivity (Wildman–Crippen MR) is 79.5 cm³/mol. The third-order valence-electron chi connectivity index (χ3n) is 3.03. The molecule has 1 rings (SSSR count). The Hall–Kier alpha value is -2.02. The first kappa shape index (κ1) is 16.0. The molecule has 20 heavy (non-hydrogen) atoms.